The number of carbonyl (C=O) groups is 2. The van der Waals surface area contributed by atoms with E-state index in [1.165, 1.54) is 14.2 Å². The highest BCUT2D eigenvalue weighted by Gasteiger charge is 2.32. The summed E-state index contributed by atoms with van der Waals surface area (Å²) in [6.45, 7) is 0. The third kappa shape index (κ3) is 5.03. The highest BCUT2D eigenvalue weighted by Crippen LogP contribution is 2.39. The van der Waals surface area contributed by atoms with Gasteiger partial charge >= 0.3 is 11.9 Å². The Morgan fingerprint density at radius 2 is 1.22 bits per heavy atom. The lowest BCUT2D eigenvalue weighted by atomic mass is 9.87. The first-order valence-corrected chi connectivity index (χ1v) is 8.33. The molecule has 2 atom stereocenters. The zero-order chi connectivity index (χ0) is 19.8. The molecule has 0 saturated heterocycles. The van der Waals surface area contributed by atoms with Crippen LogP contribution in [0.1, 0.15) is 29.8 Å². The molecule has 2 aromatic rings. The predicted octanol–water partition coefficient (Wildman–Crippen LogP) is 3.62. The summed E-state index contributed by atoms with van der Waals surface area (Å²) in [6, 6.07) is 18.1. The van der Waals surface area contributed by atoms with E-state index in [2.05, 4.69) is 0 Å². The van der Waals surface area contributed by atoms with Crippen LogP contribution in [-0.4, -0.2) is 36.4 Å². The molecular formula is C21H22O6. The molecule has 2 rings (SSSR count). The molecule has 2 N–H and O–H groups in total. The second-order valence-electron chi connectivity index (χ2n) is 5.86. The number of hydrogen-bond donors (Lipinski definition) is 2. The molecule has 142 valence electrons. The molecule has 0 spiro atoms. The molecule has 0 fully saturated rings. The Hall–Kier alpha value is -2.96. The Kier molecular flexibility index (Phi) is 7.28. The monoisotopic (exact) mass is 370 g/mol. The molecule has 6 heteroatoms. The van der Waals surface area contributed by atoms with Crippen LogP contribution in [0.25, 0.3) is 0 Å². The molecule has 0 radical (unpaired) electrons. The summed E-state index contributed by atoms with van der Waals surface area (Å²) in [7, 11) is 2.91. The van der Waals surface area contributed by atoms with Crippen molar-refractivity contribution in [3.63, 3.8) is 0 Å². The lowest BCUT2D eigenvalue weighted by molar-refractivity contribution is -0.139. The van der Waals surface area contributed by atoms with Gasteiger partial charge in [0.05, 0.1) is 12.0 Å². The quantitative estimate of drug-likeness (QED) is 0.655. The summed E-state index contributed by atoms with van der Waals surface area (Å²) in [5, 5.41) is 19.0. The fourth-order valence-electron chi connectivity index (χ4n) is 3.05. The number of methoxy groups -OCH3 is 2. The topological polar surface area (TPSA) is 93.1 Å². The molecule has 0 aliphatic carbocycles. The lowest BCUT2D eigenvalue weighted by Gasteiger charge is -2.28. The van der Waals surface area contributed by atoms with E-state index in [0.717, 1.165) is 0 Å². The summed E-state index contributed by atoms with van der Waals surface area (Å²) in [4.78, 5) is 23.3. The average Bonchev–Trinajstić information content (AvgIpc) is 2.67. The summed E-state index contributed by atoms with van der Waals surface area (Å²) in [5.41, 5.74) is 1.41. The molecule has 2 unspecified atom stereocenters. The van der Waals surface area contributed by atoms with Crippen LogP contribution >= 0.6 is 0 Å². The van der Waals surface area contributed by atoms with Gasteiger partial charge in [0.2, 0.25) is 0 Å². The van der Waals surface area contributed by atoms with E-state index in [4.69, 9.17) is 9.47 Å². The van der Waals surface area contributed by atoms with E-state index < -0.39 is 30.6 Å². The van der Waals surface area contributed by atoms with Gasteiger partial charge < -0.3 is 19.7 Å². The van der Waals surface area contributed by atoms with Crippen LogP contribution in [0.5, 0.6) is 0 Å². The number of hydrogen-bond acceptors (Lipinski definition) is 4. The first-order chi connectivity index (χ1) is 13.0. The Bertz CT molecular complexity index is 748. The highest BCUT2D eigenvalue weighted by molar-refractivity contribution is 5.93. The van der Waals surface area contributed by atoms with Crippen LogP contribution in [0.4, 0.5) is 0 Å². The summed E-state index contributed by atoms with van der Waals surface area (Å²) in [6.07, 6.45) is -2.20. The van der Waals surface area contributed by atoms with E-state index in [1.54, 1.807) is 48.5 Å². The molecule has 0 amide bonds. The maximum absolute atomic E-state index is 11.9. The largest absolute Gasteiger partial charge is 0.481 e. The number of benzene rings is 2. The van der Waals surface area contributed by atoms with Crippen molar-refractivity contribution < 1.29 is 29.3 Å². The predicted molar refractivity (Wildman–Crippen MR) is 99.3 cm³/mol. The number of carboxylic acids is 2. The minimum Gasteiger partial charge on any atom is -0.481 e. The van der Waals surface area contributed by atoms with E-state index in [9.17, 15) is 19.8 Å². The first-order valence-electron chi connectivity index (χ1n) is 8.33. The van der Waals surface area contributed by atoms with Gasteiger partial charge in [-0.25, -0.2) is 4.79 Å². The maximum atomic E-state index is 11.9. The number of aliphatic carboxylic acids is 2. The van der Waals surface area contributed by atoms with Crippen molar-refractivity contribution in [3.05, 3.63) is 82.9 Å². The van der Waals surface area contributed by atoms with Crippen LogP contribution in [-0.2, 0) is 19.1 Å². The highest BCUT2D eigenvalue weighted by atomic mass is 16.5. The van der Waals surface area contributed by atoms with Crippen molar-refractivity contribution in [1.29, 1.82) is 0 Å². The number of rotatable bonds is 9. The van der Waals surface area contributed by atoms with Crippen LogP contribution < -0.4 is 0 Å². The SMILES string of the molecule is COC(C(=C(CC(=O)O)C(=O)O)C(OC)c1ccccc1)c1ccccc1. The smallest absolute Gasteiger partial charge is 0.332 e. The molecule has 0 aromatic heterocycles. The van der Waals surface area contributed by atoms with Crippen molar-refractivity contribution >= 4 is 11.9 Å². The molecule has 6 nitrogen and oxygen atoms in total. The Morgan fingerprint density at radius 3 is 1.52 bits per heavy atom. The Labute approximate surface area is 157 Å². The molecule has 2 aromatic carbocycles. The molecule has 0 aliphatic heterocycles. The third-order valence-corrected chi connectivity index (χ3v) is 4.18. The molecular weight excluding hydrogens is 348 g/mol. The van der Waals surface area contributed by atoms with Gasteiger partial charge in [0.15, 0.2) is 0 Å². The van der Waals surface area contributed by atoms with Crippen molar-refractivity contribution in [2.45, 2.75) is 18.6 Å². The Morgan fingerprint density at radius 1 is 0.815 bits per heavy atom. The van der Waals surface area contributed by atoms with Crippen molar-refractivity contribution in [2.75, 3.05) is 14.2 Å². The average molecular weight is 370 g/mol. The van der Waals surface area contributed by atoms with Crippen LogP contribution in [0, 0.1) is 0 Å². The minimum atomic E-state index is -1.32. The minimum absolute atomic E-state index is 0.256. The molecule has 0 saturated carbocycles. The van der Waals surface area contributed by atoms with Gasteiger partial charge in [-0.05, 0) is 11.1 Å². The fourth-order valence-corrected chi connectivity index (χ4v) is 3.05. The zero-order valence-corrected chi connectivity index (χ0v) is 15.2. The second-order valence-corrected chi connectivity index (χ2v) is 5.86. The molecule has 27 heavy (non-hydrogen) atoms. The van der Waals surface area contributed by atoms with Gasteiger partial charge in [0, 0.05) is 19.8 Å². The molecule has 0 heterocycles. The van der Waals surface area contributed by atoms with Gasteiger partial charge in [-0.1, -0.05) is 60.7 Å². The van der Waals surface area contributed by atoms with Gasteiger partial charge in [0.25, 0.3) is 0 Å². The van der Waals surface area contributed by atoms with Gasteiger partial charge in [-0.2, -0.15) is 0 Å². The standard InChI is InChI=1S/C21H22O6/c1-26-19(14-9-5-3-6-10-14)18(16(21(24)25)13-17(22)23)20(27-2)15-11-7-4-8-12-15/h3-12,19-20H,13H2,1-2H3,(H,22,23)(H,24,25). The van der Waals surface area contributed by atoms with Crippen LogP contribution in [0.3, 0.4) is 0 Å². The summed E-state index contributed by atoms with van der Waals surface area (Å²) < 4.78 is 11.2. The fraction of sp³-hybridized carbons (Fsp3) is 0.238. The van der Waals surface area contributed by atoms with Crippen LogP contribution in [0.2, 0.25) is 0 Å². The number of ether oxygens (including phenoxy) is 2. The lowest BCUT2D eigenvalue weighted by Crippen LogP contribution is -2.21. The second kappa shape index (κ2) is 9.66. The third-order valence-electron chi connectivity index (χ3n) is 4.18. The van der Waals surface area contributed by atoms with Crippen molar-refractivity contribution in [3.8, 4) is 0 Å². The van der Waals surface area contributed by atoms with E-state index >= 15 is 0 Å². The van der Waals surface area contributed by atoms with Crippen LogP contribution in [0.15, 0.2) is 71.8 Å². The number of carboxylic acid groups (broad SMARTS) is 2. The van der Waals surface area contributed by atoms with Gasteiger partial charge in [0.1, 0.15) is 12.2 Å². The van der Waals surface area contributed by atoms with E-state index in [0.29, 0.717) is 11.1 Å². The summed E-state index contributed by atoms with van der Waals surface area (Å²) >= 11 is 0. The summed E-state index contributed by atoms with van der Waals surface area (Å²) in [5.74, 6) is -2.56. The normalized spacial score (nSPS) is 12.8. The molecule has 0 aliphatic rings. The van der Waals surface area contributed by atoms with Gasteiger partial charge in [-0.15, -0.1) is 0 Å². The van der Waals surface area contributed by atoms with E-state index in [1.807, 2.05) is 12.1 Å². The van der Waals surface area contributed by atoms with Gasteiger partial charge in [-0.3, -0.25) is 4.79 Å². The van der Waals surface area contributed by atoms with Crippen molar-refractivity contribution in [1.82, 2.24) is 0 Å². The first kappa shape index (κ1) is 20.4. The molecule has 0 bridgehead atoms. The zero-order valence-electron chi connectivity index (χ0n) is 15.2. The maximum Gasteiger partial charge on any atom is 0.332 e. The Balaban J connectivity index is 2.73. The van der Waals surface area contributed by atoms with E-state index in [-0.39, 0.29) is 11.1 Å². The van der Waals surface area contributed by atoms with Crippen molar-refractivity contribution in [2.24, 2.45) is 0 Å².